The van der Waals surface area contributed by atoms with Gasteiger partial charge in [-0.15, -0.1) is 11.3 Å². The third-order valence-corrected chi connectivity index (χ3v) is 4.92. The molecule has 1 N–H and O–H groups in total. The standard InChI is InChI=1S/C15H20OS/c1-11(2)15(3,10-16)8-12-9-17-14-7-5-4-6-13(12)14/h4-7,9,11,16H,8,10H2,1-3H3. The molecule has 1 nitrogen and oxygen atoms in total. The van der Waals surface area contributed by atoms with Gasteiger partial charge in [-0.2, -0.15) is 0 Å². The highest BCUT2D eigenvalue weighted by atomic mass is 32.1. The van der Waals surface area contributed by atoms with Gasteiger partial charge in [0, 0.05) is 11.3 Å². The highest BCUT2D eigenvalue weighted by molar-refractivity contribution is 7.17. The predicted octanol–water partition coefficient (Wildman–Crippen LogP) is 4.10. The predicted molar refractivity (Wildman–Crippen MR) is 75.6 cm³/mol. The second kappa shape index (κ2) is 4.79. The molecule has 0 aliphatic rings. The SMILES string of the molecule is CC(C)C(C)(CO)Cc1csc2ccccc12. The highest BCUT2D eigenvalue weighted by Gasteiger charge is 2.28. The quantitative estimate of drug-likeness (QED) is 0.863. The topological polar surface area (TPSA) is 20.2 Å². The van der Waals surface area contributed by atoms with Crippen molar-refractivity contribution < 1.29 is 5.11 Å². The summed E-state index contributed by atoms with van der Waals surface area (Å²) in [7, 11) is 0. The van der Waals surface area contributed by atoms with Gasteiger partial charge >= 0.3 is 0 Å². The van der Waals surface area contributed by atoms with Crippen molar-refractivity contribution in [2.75, 3.05) is 6.61 Å². The van der Waals surface area contributed by atoms with Crippen LogP contribution in [0.3, 0.4) is 0 Å². The Morgan fingerprint density at radius 3 is 2.65 bits per heavy atom. The summed E-state index contributed by atoms with van der Waals surface area (Å²) in [5.41, 5.74) is 1.35. The normalized spacial score (nSPS) is 15.4. The lowest BCUT2D eigenvalue weighted by Crippen LogP contribution is -2.30. The minimum Gasteiger partial charge on any atom is -0.396 e. The molecule has 2 rings (SSSR count). The first-order chi connectivity index (χ1) is 8.07. The number of fused-ring (bicyclic) bond motifs is 1. The first kappa shape index (κ1) is 12.6. The molecule has 0 aliphatic carbocycles. The van der Waals surface area contributed by atoms with Crippen LogP contribution in [0.1, 0.15) is 26.3 Å². The Bertz CT molecular complexity index is 500. The van der Waals surface area contributed by atoms with Crippen molar-refractivity contribution in [1.82, 2.24) is 0 Å². The minimum atomic E-state index is -0.0240. The Morgan fingerprint density at radius 1 is 1.29 bits per heavy atom. The van der Waals surface area contributed by atoms with Gasteiger partial charge in [0.05, 0.1) is 0 Å². The fourth-order valence-corrected chi connectivity index (χ4v) is 3.01. The molecule has 0 bridgehead atoms. The van der Waals surface area contributed by atoms with Crippen LogP contribution in [0, 0.1) is 11.3 Å². The molecule has 0 fully saturated rings. The van der Waals surface area contributed by atoms with Crippen molar-refractivity contribution in [3.8, 4) is 0 Å². The van der Waals surface area contributed by atoms with Gasteiger partial charge in [0.1, 0.15) is 0 Å². The average Bonchev–Trinajstić information content (AvgIpc) is 2.72. The Balaban J connectivity index is 2.35. The van der Waals surface area contributed by atoms with Gasteiger partial charge in [0.25, 0.3) is 0 Å². The molecule has 2 aromatic rings. The molecule has 0 aliphatic heterocycles. The van der Waals surface area contributed by atoms with Crippen LogP contribution in [0.4, 0.5) is 0 Å². The van der Waals surface area contributed by atoms with Gasteiger partial charge < -0.3 is 5.11 Å². The summed E-state index contributed by atoms with van der Waals surface area (Å²) in [6.07, 6.45) is 0.950. The first-order valence-corrected chi connectivity index (χ1v) is 7.01. The number of aliphatic hydroxyl groups excluding tert-OH is 1. The molecule has 1 aromatic carbocycles. The Labute approximate surface area is 107 Å². The van der Waals surface area contributed by atoms with E-state index in [-0.39, 0.29) is 12.0 Å². The second-order valence-corrected chi connectivity index (χ2v) is 6.31. The fraction of sp³-hybridized carbons (Fsp3) is 0.467. The van der Waals surface area contributed by atoms with Crippen LogP contribution in [0.5, 0.6) is 0 Å². The zero-order valence-electron chi connectivity index (χ0n) is 10.7. The third-order valence-electron chi connectivity index (χ3n) is 3.91. The van der Waals surface area contributed by atoms with Gasteiger partial charge in [-0.3, -0.25) is 0 Å². The van der Waals surface area contributed by atoms with E-state index in [1.165, 1.54) is 15.6 Å². The van der Waals surface area contributed by atoms with E-state index >= 15 is 0 Å². The van der Waals surface area contributed by atoms with Crippen molar-refractivity contribution in [1.29, 1.82) is 0 Å². The van der Waals surface area contributed by atoms with Crippen molar-refractivity contribution in [2.45, 2.75) is 27.2 Å². The highest BCUT2D eigenvalue weighted by Crippen LogP contribution is 2.35. The summed E-state index contributed by atoms with van der Waals surface area (Å²) >= 11 is 1.80. The number of thiophene rings is 1. The molecule has 17 heavy (non-hydrogen) atoms. The molecule has 1 aromatic heterocycles. The average molecular weight is 248 g/mol. The first-order valence-electron chi connectivity index (χ1n) is 6.13. The van der Waals surface area contributed by atoms with E-state index in [0.29, 0.717) is 5.92 Å². The molecule has 0 radical (unpaired) electrons. The molecule has 0 amide bonds. The zero-order valence-corrected chi connectivity index (χ0v) is 11.6. The molecule has 0 spiro atoms. The number of aliphatic hydroxyl groups is 1. The van der Waals surface area contributed by atoms with Crippen LogP contribution in [0.15, 0.2) is 29.6 Å². The maximum absolute atomic E-state index is 9.63. The molecular weight excluding hydrogens is 228 g/mol. The van der Waals surface area contributed by atoms with Gasteiger partial charge in [-0.1, -0.05) is 39.0 Å². The lowest BCUT2D eigenvalue weighted by molar-refractivity contribution is 0.0952. The van der Waals surface area contributed by atoms with Crippen molar-refractivity contribution >= 4 is 21.4 Å². The summed E-state index contributed by atoms with van der Waals surface area (Å²) in [6.45, 7) is 6.79. The minimum absolute atomic E-state index is 0.0240. The number of rotatable bonds is 4. The zero-order chi connectivity index (χ0) is 12.5. The van der Waals surface area contributed by atoms with Crippen molar-refractivity contribution in [3.63, 3.8) is 0 Å². The number of hydrogen-bond acceptors (Lipinski definition) is 2. The van der Waals surface area contributed by atoms with Gasteiger partial charge in [-0.05, 0) is 40.1 Å². The summed E-state index contributed by atoms with van der Waals surface area (Å²) < 4.78 is 1.34. The smallest absolute Gasteiger partial charge is 0.0490 e. The van der Waals surface area contributed by atoms with Gasteiger partial charge in [0.2, 0.25) is 0 Å². The largest absolute Gasteiger partial charge is 0.396 e. The fourth-order valence-electron chi connectivity index (χ4n) is 2.05. The Kier molecular flexibility index (Phi) is 3.55. The van der Waals surface area contributed by atoms with Crippen LogP contribution in [-0.2, 0) is 6.42 Å². The van der Waals surface area contributed by atoms with E-state index in [1.807, 2.05) is 0 Å². The Morgan fingerprint density at radius 2 is 2.00 bits per heavy atom. The van der Waals surface area contributed by atoms with E-state index in [1.54, 1.807) is 11.3 Å². The van der Waals surface area contributed by atoms with Crippen LogP contribution in [0.2, 0.25) is 0 Å². The third kappa shape index (κ3) is 2.38. The summed E-state index contributed by atoms with van der Waals surface area (Å²) in [5.74, 6) is 0.478. The molecule has 0 saturated carbocycles. The molecule has 2 heteroatoms. The number of benzene rings is 1. The summed E-state index contributed by atoms with van der Waals surface area (Å²) in [6, 6.07) is 8.51. The summed E-state index contributed by atoms with van der Waals surface area (Å²) in [4.78, 5) is 0. The molecule has 92 valence electrons. The van der Waals surface area contributed by atoms with E-state index in [9.17, 15) is 5.11 Å². The van der Waals surface area contributed by atoms with E-state index < -0.39 is 0 Å². The van der Waals surface area contributed by atoms with Crippen LogP contribution >= 0.6 is 11.3 Å². The molecule has 0 saturated heterocycles. The maximum Gasteiger partial charge on any atom is 0.0490 e. The lowest BCUT2D eigenvalue weighted by atomic mass is 9.75. The van der Waals surface area contributed by atoms with Crippen molar-refractivity contribution in [3.05, 3.63) is 35.2 Å². The molecular formula is C15H20OS. The van der Waals surface area contributed by atoms with Gasteiger partial charge in [-0.25, -0.2) is 0 Å². The monoisotopic (exact) mass is 248 g/mol. The second-order valence-electron chi connectivity index (χ2n) is 5.40. The van der Waals surface area contributed by atoms with Crippen LogP contribution in [-0.4, -0.2) is 11.7 Å². The van der Waals surface area contributed by atoms with Crippen LogP contribution in [0.25, 0.3) is 10.1 Å². The van der Waals surface area contributed by atoms with Crippen molar-refractivity contribution in [2.24, 2.45) is 11.3 Å². The number of hydrogen-bond donors (Lipinski definition) is 1. The molecule has 1 heterocycles. The summed E-state index contributed by atoms with van der Waals surface area (Å²) in [5, 5.41) is 13.2. The Hall–Kier alpha value is -0.860. The molecule has 1 unspecified atom stereocenters. The van der Waals surface area contributed by atoms with Crippen LogP contribution < -0.4 is 0 Å². The molecule has 1 atom stereocenters. The van der Waals surface area contributed by atoms with E-state index in [2.05, 4.69) is 50.4 Å². The van der Waals surface area contributed by atoms with Gasteiger partial charge in [0.15, 0.2) is 0 Å². The van der Waals surface area contributed by atoms with E-state index in [0.717, 1.165) is 6.42 Å². The lowest BCUT2D eigenvalue weighted by Gasteiger charge is -2.31. The maximum atomic E-state index is 9.63. The van der Waals surface area contributed by atoms with E-state index in [4.69, 9.17) is 0 Å².